The van der Waals surface area contributed by atoms with Gasteiger partial charge in [0.2, 0.25) is 5.78 Å². The van der Waals surface area contributed by atoms with Crippen LogP contribution in [0.2, 0.25) is 0 Å². The lowest BCUT2D eigenvalue weighted by Gasteiger charge is -2.21. The van der Waals surface area contributed by atoms with Crippen molar-refractivity contribution in [3.05, 3.63) is 17.7 Å². The number of ether oxygens (including phenoxy) is 2. The maximum absolute atomic E-state index is 11.5. The summed E-state index contributed by atoms with van der Waals surface area (Å²) in [5, 5.41) is 18.8. The van der Waals surface area contributed by atoms with Gasteiger partial charge in [0.15, 0.2) is 6.10 Å². The van der Waals surface area contributed by atoms with E-state index in [1.54, 1.807) is 0 Å². The summed E-state index contributed by atoms with van der Waals surface area (Å²) in [6.07, 6.45) is -1.21. The standard InChI is InChI=1S/C10H10O5/c1-14-5-2-6(11)9-8(3-5)15-4-7(12)10(9)13/h2-3,7,11-12H,4H2,1H3. The number of phenols is 1. The van der Waals surface area contributed by atoms with E-state index >= 15 is 0 Å². The van der Waals surface area contributed by atoms with E-state index in [1.165, 1.54) is 19.2 Å². The molecule has 1 unspecified atom stereocenters. The Bertz CT molecular complexity index is 413. The van der Waals surface area contributed by atoms with Crippen LogP contribution in [0.3, 0.4) is 0 Å². The van der Waals surface area contributed by atoms with Gasteiger partial charge in [-0.1, -0.05) is 0 Å². The van der Waals surface area contributed by atoms with Crippen molar-refractivity contribution in [2.75, 3.05) is 13.7 Å². The third-order valence-corrected chi connectivity index (χ3v) is 2.24. The molecule has 1 aliphatic rings. The largest absolute Gasteiger partial charge is 0.507 e. The summed E-state index contributed by atoms with van der Waals surface area (Å²) < 4.78 is 10.0. The highest BCUT2D eigenvalue weighted by Crippen LogP contribution is 2.36. The van der Waals surface area contributed by atoms with Gasteiger partial charge in [0.1, 0.15) is 29.4 Å². The molecule has 1 heterocycles. The predicted molar refractivity (Wildman–Crippen MR) is 50.5 cm³/mol. The second kappa shape index (κ2) is 3.43. The molecule has 0 aromatic heterocycles. The Morgan fingerprint density at radius 2 is 2.27 bits per heavy atom. The molecule has 1 aromatic rings. The second-order valence-electron chi connectivity index (χ2n) is 3.21. The van der Waals surface area contributed by atoms with Crippen LogP contribution >= 0.6 is 0 Å². The summed E-state index contributed by atoms with van der Waals surface area (Å²) in [5.41, 5.74) is 0.00884. The van der Waals surface area contributed by atoms with Crippen LogP contribution < -0.4 is 9.47 Å². The van der Waals surface area contributed by atoms with Gasteiger partial charge in [0.25, 0.3) is 0 Å². The molecular formula is C10H10O5. The van der Waals surface area contributed by atoms with E-state index < -0.39 is 11.9 Å². The van der Waals surface area contributed by atoms with E-state index in [9.17, 15) is 15.0 Å². The number of aliphatic hydroxyl groups is 1. The van der Waals surface area contributed by atoms with Gasteiger partial charge < -0.3 is 19.7 Å². The molecule has 5 nitrogen and oxygen atoms in total. The molecule has 0 fully saturated rings. The van der Waals surface area contributed by atoms with Crippen molar-refractivity contribution in [2.24, 2.45) is 0 Å². The van der Waals surface area contributed by atoms with Gasteiger partial charge in [0, 0.05) is 12.1 Å². The van der Waals surface area contributed by atoms with Gasteiger partial charge in [-0.05, 0) is 0 Å². The minimum atomic E-state index is -1.21. The van der Waals surface area contributed by atoms with Crippen molar-refractivity contribution in [1.82, 2.24) is 0 Å². The summed E-state index contributed by atoms with van der Waals surface area (Å²) in [6.45, 7) is -0.0988. The molecule has 5 heteroatoms. The monoisotopic (exact) mass is 210 g/mol. The van der Waals surface area contributed by atoms with Crippen LogP contribution in [-0.2, 0) is 0 Å². The second-order valence-corrected chi connectivity index (χ2v) is 3.21. The molecule has 0 spiro atoms. The molecular weight excluding hydrogens is 200 g/mol. The fourth-order valence-electron chi connectivity index (χ4n) is 1.47. The van der Waals surface area contributed by atoms with Crippen LogP contribution in [0.5, 0.6) is 17.2 Å². The first kappa shape index (κ1) is 9.79. The number of ketones is 1. The van der Waals surface area contributed by atoms with Crippen LogP contribution in [0.4, 0.5) is 0 Å². The number of carbonyl (C=O) groups is 1. The smallest absolute Gasteiger partial charge is 0.202 e. The Balaban J connectivity index is 2.55. The van der Waals surface area contributed by atoms with E-state index in [0.29, 0.717) is 5.75 Å². The van der Waals surface area contributed by atoms with E-state index in [0.717, 1.165) is 0 Å². The highest BCUT2D eigenvalue weighted by atomic mass is 16.5. The highest BCUT2D eigenvalue weighted by Gasteiger charge is 2.30. The first-order valence-corrected chi connectivity index (χ1v) is 4.39. The van der Waals surface area contributed by atoms with E-state index in [-0.39, 0.29) is 23.7 Å². The lowest BCUT2D eigenvalue weighted by molar-refractivity contribution is 0.0552. The number of rotatable bonds is 1. The number of fused-ring (bicyclic) bond motifs is 1. The number of hydrogen-bond acceptors (Lipinski definition) is 5. The topological polar surface area (TPSA) is 76.0 Å². The molecule has 0 radical (unpaired) electrons. The summed E-state index contributed by atoms with van der Waals surface area (Å²) in [4.78, 5) is 11.5. The van der Waals surface area contributed by atoms with Gasteiger partial charge in [-0.2, -0.15) is 0 Å². The number of hydrogen-bond donors (Lipinski definition) is 2. The Morgan fingerprint density at radius 3 is 2.93 bits per heavy atom. The third-order valence-electron chi connectivity index (χ3n) is 2.24. The number of Topliss-reactive ketones (excluding diaryl/α,β-unsaturated/α-hetero) is 1. The van der Waals surface area contributed by atoms with Crippen molar-refractivity contribution >= 4 is 5.78 Å². The normalized spacial score (nSPS) is 19.3. The van der Waals surface area contributed by atoms with E-state index in [1.807, 2.05) is 0 Å². The molecule has 2 rings (SSSR count). The molecule has 80 valence electrons. The first-order valence-electron chi connectivity index (χ1n) is 4.39. The molecule has 1 aliphatic heterocycles. The highest BCUT2D eigenvalue weighted by molar-refractivity contribution is 6.05. The molecule has 15 heavy (non-hydrogen) atoms. The van der Waals surface area contributed by atoms with E-state index in [2.05, 4.69) is 0 Å². The average molecular weight is 210 g/mol. The lowest BCUT2D eigenvalue weighted by Crippen LogP contribution is -2.32. The summed E-state index contributed by atoms with van der Waals surface area (Å²) in [7, 11) is 1.45. The van der Waals surface area contributed by atoms with Gasteiger partial charge in [-0.3, -0.25) is 4.79 Å². The zero-order chi connectivity index (χ0) is 11.0. The van der Waals surface area contributed by atoms with Crippen LogP contribution in [-0.4, -0.2) is 35.8 Å². The van der Waals surface area contributed by atoms with Crippen molar-refractivity contribution in [3.8, 4) is 17.2 Å². The van der Waals surface area contributed by atoms with Crippen LogP contribution in [0, 0.1) is 0 Å². The van der Waals surface area contributed by atoms with Crippen LogP contribution in [0.25, 0.3) is 0 Å². The van der Waals surface area contributed by atoms with Gasteiger partial charge in [-0.15, -0.1) is 0 Å². The van der Waals surface area contributed by atoms with Crippen LogP contribution in [0.1, 0.15) is 10.4 Å². The molecule has 1 aromatic carbocycles. The quantitative estimate of drug-likeness (QED) is 0.698. The molecule has 0 bridgehead atoms. The number of phenolic OH excluding ortho intramolecular Hbond substituents is 1. The zero-order valence-corrected chi connectivity index (χ0v) is 8.06. The minimum Gasteiger partial charge on any atom is -0.507 e. The molecule has 0 saturated heterocycles. The summed E-state index contributed by atoms with van der Waals surface area (Å²) in [5.74, 6) is -0.137. The predicted octanol–water partition coefficient (Wildman–Crippen LogP) is 0.337. The van der Waals surface area contributed by atoms with Crippen molar-refractivity contribution in [3.63, 3.8) is 0 Å². The molecule has 2 N–H and O–H groups in total. The van der Waals surface area contributed by atoms with Gasteiger partial charge in [-0.25, -0.2) is 0 Å². The maximum Gasteiger partial charge on any atom is 0.202 e. The number of aliphatic hydroxyl groups excluding tert-OH is 1. The number of benzene rings is 1. The number of carbonyl (C=O) groups excluding carboxylic acids is 1. The summed E-state index contributed by atoms with van der Waals surface area (Å²) >= 11 is 0. The average Bonchev–Trinajstić information content (AvgIpc) is 2.23. The van der Waals surface area contributed by atoms with Gasteiger partial charge >= 0.3 is 0 Å². The Hall–Kier alpha value is -1.75. The van der Waals surface area contributed by atoms with Crippen molar-refractivity contribution in [1.29, 1.82) is 0 Å². The summed E-state index contributed by atoms with van der Waals surface area (Å²) in [6, 6.07) is 2.80. The molecule has 0 amide bonds. The maximum atomic E-state index is 11.5. The first-order chi connectivity index (χ1) is 7.13. The van der Waals surface area contributed by atoms with E-state index in [4.69, 9.17) is 9.47 Å². The number of methoxy groups -OCH3 is 1. The Morgan fingerprint density at radius 1 is 1.53 bits per heavy atom. The fourth-order valence-corrected chi connectivity index (χ4v) is 1.47. The van der Waals surface area contributed by atoms with Crippen LogP contribution in [0.15, 0.2) is 12.1 Å². The van der Waals surface area contributed by atoms with Crippen molar-refractivity contribution in [2.45, 2.75) is 6.10 Å². The minimum absolute atomic E-state index is 0.00884. The lowest BCUT2D eigenvalue weighted by atomic mass is 10.0. The Labute approximate surface area is 85.9 Å². The molecule has 0 saturated carbocycles. The van der Waals surface area contributed by atoms with Crippen molar-refractivity contribution < 1.29 is 24.5 Å². The number of aromatic hydroxyl groups is 1. The molecule has 0 aliphatic carbocycles. The fraction of sp³-hybridized carbons (Fsp3) is 0.300. The molecule has 1 atom stereocenters. The SMILES string of the molecule is COc1cc(O)c2c(c1)OCC(O)C2=O. The van der Waals surface area contributed by atoms with Gasteiger partial charge in [0.05, 0.1) is 7.11 Å². The third kappa shape index (κ3) is 1.50. The zero-order valence-electron chi connectivity index (χ0n) is 8.06. The Kier molecular flexibility index (Phi) is 2.24.